The van der Waals surface area contributed by atoms with Crippen LogP contribution in [0.5, 0.6) is 0 Å². The van der Waals surface area contributed by atoms with Gasteiger partial charge < -0.3 is 38.8 Å². The first kappa shape index (κ1) is 53.2. The van der Waals surface area contributed by atoms with Crippen molar-refractivity contribution in [2.75, 3.05) is 27.9 Å². The van der Waals surface area contributed by atoms with E-state index >= 15 is 0 Å². The van der Waals surface area contributed by atoms with Crippen molar-refractivity contribution in [1.29, 1.82) is 0 Å². The van der Waals surface area contributed by atoms with Gasteiger partial charge in [-0.1, -0.05) is 100 Å². The molecule has 13 atom stereocenters. The Balaban J connectivity index is 1.43. The molecular weight excluding hydrogens is 839 g/mol. The zero-order valence-corrected chi connectivity index (χ0v) is 41.1. The Hall–Kier alpha value is -3.78. The number of carbonyl (C=O) groups is 4. The minimum Gasteiger partial charge on any atom is -0.456 e. The van der Waals surface area contributed by atoms with Crippen molar-refractivity contribution in [3.8, 4) is 0 Å². The molecule has 0 aromatic heterocycles. The van der Waals surface area contributed by atoms with Gasteiger partial charge in [0.1, 0.15) is 24.0 Å². The standard InChI is InChI=1S/C54H79NO11/c1-10-42-30-35(2)29-36(3)31-45(62-7)49-46(63-8)33-39(6)54(61,66-49)50(57)51(58)55-28-18-16-22-43(55)52(59)65-48(37(4)23-24-44(42)56)38(5)32-41-25-27-53(60,47(34-41)64-9)26-17-12-15-21-40-19-13-11-14-20-40/h11-15,17,19-21,30,32,36-37,39,41-43,45-49,60-61H,10,16,18,22-29,31,33-34H2,1-9H3. The van der Waals surface area contributed by atoms with Gasteiger partial charge in [-0.3, -0.25) is 14.4 Å². The second-order valence-electron chi connectivity index (χ2n) is 19.9. The third-order valence-electron chi connectivity index (χ3n) is 14.8. The molecule has 13 unspecified atom stereocenters. The molecule has 0 spiro atoms. The average Bonchev–Trinajstić information content (AvgIpc) is 3.31. The summed E-state index contributed by atoms with van der Waals surface area (Å²) < 4.78 is 30.5. The molecule has 1 aromatic carbocycles. The molecule has 1 aromatic rings. The Bertz CT molecular complexity index is 1910. The number of benzene rings is 1. The summed E-state index contributed by atoms with van der Waals surface area (Å²) in [5.41, 5.74) is 1.92. The number of hydrogen-bond donors (Lipinski definition) is 2. The monoisotopic (exact) mass is 918 g/mol. The van der Waals surface area contributed by atoms with Gasteiger partial charge >= 0.3 is 5.97 Å². The number of esters is 1. The predicted octanol–water partition coefficient (Wildman–Crippen LogP) is 8.53. The van der Waals surface area contributed by atoms with Crippen LogP contribution in [0.1, 0.15) is 131 Å². The van der Waals surface area contributed by atoms with E-state index in [9.17, 15) is 29.4 Å². The second-order valence-corrected chi connectivity index (χ2v) is 19.9. The minimum atomic E-state index is -2.48. The Kier molecular flexibility index (Phi) is 19.7. The molecule has 3 aliphatic heterocycles. The number of ketones is 2. The number of hydrogen-bond acceptors (Lipinski definition) is 11. The van der Waals surface area contributed by atoms with Crippen LogP contribution in [0.2, 0.25) is 0 Å². The van der Waals surface area contributed by atoms with Crippen LogP contribution >= 0.6 is 0 Å². The van der Waals surface area contributed by atoms with E-state index in [0.717, 1.165) is 16.7 Å². The van der Waals surface area contributed by atoms with Gasteiger partial charge in [0.2, 0.25) is 5.79 Å². The molecule has 12 nitrogen and oxygen atoms in total. The van der Waals surface area contributed by atoms with Crippen LogP contribution in [0.4, 0.5) is 0 Å². The number of amides is 1. The average molecular weight is 918 g/mol. The highest BCUT2D eigenvalue weighted by atomic mass is 16.7. The van der Waals surface area contributed by atoms with E-state index < -0.39 is 71.5 Å². The third kappa shape index (κ3) is 13.3. The molecule has 3 fully saturated rings. The molecule has 5 rings (SSSR count). The summed E-state index contributed by atoms with van der Waals surface area (Å²) in [6.07, 6.45) is 15.4. The van der Waals surface area contributed by atoms with Crippen LogP contribution in [-0.2, 0) is 42.9 Å². The molecule has 366 valence electrons. The van der Waals surface area contributed by atoms with Crippen LogP contribution in [0.3, 0.4) is 0 Å². The quantitative estimate of drug-likeness (QED) is 0.100. The van der Waals surface area contributed by atoms with Gasteiger partial charge in [0.25, 0.3) is 11.7 Å². The first-order valence-corrected chi connectivity index (χ1v) is 24.5. The van der Waals surface area contributed by atoms with Gasteiger partial charge in [0.15, 0.2) is 0 Å². The largest absolute Gasteiger partial charge is 0.456 e. The van der Waals surface area contributed by atoms with Gasteiger partial charge in [-0.25, -0.2) is 4.79 Å². The lowest BCUT2D eigenvalue weighted by Crippen LogP contribution is -2.64. The van der Waals surface area contributed by atoms with E-state index in [1.165, 1.54) is 4.90 Å². The zero-order valence-electron chi connectivity index (χ0n) is 41.1. The lowest BCUT2D eigenvalue weighted by Gasteiger charge is -2.47. The first-order valence-electron chi connectivity index (χ1n) is 24.5. The maximum absolute atomic E-state index is 14.5. The molecule has 3 heterocycles. The molecule has 12 heteroatoms. The van der Waals surface area contributed by atoms with E-state index in [1.807, 2.05) is 82.3 Å². The van der Waals surface area contributed by atoms with Crippen LogP contribution in [0, 0.1) is 29.6 Å². The van der Waals surface area contributed by atoms with E-state index in [0.29, 0.717) is 70.6 Å². The number of rotatable bonds is 10. The number of piperidine rings is 1. The summed E-state index contributed by atoms with van der Waals surface area (Å²) in [6, 6.07) is 8.96. The van der Waals surface area contributed by atoms with Crippen molar-refractivity contribution < 1.29 is 53.1 Å². The predicted molar refractivity (Wildman–Crippen MR) is 255 cm³/mol. The highest BCUT2D eigenvalue weighted by Gasteiger charge is 2.56. The SMILES string of the molecule is CCC1C=C(C)CC(C)CC(OC)C2OC(O)(C(=O)C(=O)N3CCCCC3C(=O)OC(C(C)=CC3CCC(O)(CC=CC=Cc4ccccc4)C(OC)C3)C(C)CCC1=O)C(C)CC2OC. The molecule has 1 saturated carbocycles. The molecule has 2 saturated heterocycles. The number of cyclic esters (lactones) is 1. The zero-order chi connectivity index (χ0) is 48.2. The Labute approximate surface area is 394 Å². The third-order valence-corrected chi connectivity index (χ3v) is 14.8. The lowest BCUT2D eigenvalue weighted by molar-refractivity contribution is -0.302. The summed E-state index contributed by atoms with van der Waals surface area (Å²) in [4.78, 5) is 58.4. The van der Waals surface area contributed by atoms with E-state index in [1.54, 1.807) is 28.3 Å². The Morgan fingerprint density at radius 1 is 0.909 bits per heavy atom. The smallest absolute Gasteiger partial charge is 0.329 e. The van der Waals surface area contributed by atoms with E-state index in [2.05, 4.69) is 19.1 Å². The summed E-state index contributed by atoms with van der Waals surface area (Å²) in [5.74, 6) is -6.39. The maximum atomic E-state index is 14.5. The second kappa shape index (κ2) is 24.5. The molecule has 0 radical (unpaired) electrons. The summed E-state index contributed by atoms with van der Waals surface area (Å²) in [6.45, 7) is 11.9. The molecule has 1 aliphatic carbocycles. The fraction of sp³-hybridized carbons (Fsp3) is 0.667. The fourth-order valence-corrected chi connectivity index (χ4v) is 10.8. The number of Topliss-reactive ketones (excluding diaryl/α,β-unsaturated/α-hetero) is 2. The summed E-state index contributed by atoms with van der Waals surface area (Å²) >= 11 is 0. The van der Waals surface area contributed by atoms with E-state index in [4.69, 9.17) is 23.7 Å². The van der Waals surface area contributed by atoms with Crippen LogP contribution < -0.4 is 0 Å². The molecule has 2 N–H and O–H groups in total. The number of nitrogens with zero attached hydrogens (tertiary/aromatic N) is 1. The number of carbonyl (C=O) groups excluding carboxylic acids is 4. The molecule has 2 bridgehead atoms. The number of fused-ring (bicyclic) bond motifs is 3. The lowest BCUT2D eigenvalue weighted by atomic mass is 9.74. The van der Waals surface area contributed by atoms with Crippen molar-refractivity contribution in [1.82, 2.24) is 4.90 Å². The van der Waals surface area contributed by atoms with Gasteiger partial charge in [-0.15, -0.1) is 0 Å². The number of ether oxygens (including phenoxy) is 5. The fourth-order valence-electron chi connectivity index (χ4n) is 10.8. The van der Waals surface area contributed by atoms with Crippen LogP contribution in [-0.4, -0.2) is 114 Å². The van der Waals surface area contributed by atoms with E-state index in [-0.39, 0.29) is 48.8 Å². The van der Waals surface area contributed by atoms with Gasteiger partial charge in [0.05, 0.1) is 23.9 Å². The summed E-state index contributed by atoms with van der Waals surface area (Å²) in [5, 5.41) is 23.9. The number of methoxy groups -OCH3 is 3. The molecule has 1 amide bonds. The van der Waals surface area contributed by atoms with Crippen LogP contribution in [0.25, 0.3) is 6.08 Å². The highest BCUT2D eigenvalue weighted by molar-refractivity contribution is 6.39. The molecule has 4 aliphatic rings. The van der Waals surface area contributed by atoms with Crippen molar-refractivity contribution in [2.24, 2.45) is 29.6 Å². The highest BCUT2D eigenvalue weighted by Crippen LogP contribution is 2.41. The normalized spacial score (nSPS) is 36.5. The maximum Gasteiger partial charge on any atom is 0.329 e. The Morgan fingerprint density at radius 3 is 2.30 bits per heavy atom. The molecular formula is C54H79NO11. The topological polar surface area (TPSA) is 158 Å². The van der Waals surface area contributed by atoms with Crippen molar-refractivity contribution in [3.63, 3.8) is 0 Å². The van der Waals surface area contributed by atoms with Crippen molar-refractivity contribution >= 4 is 29.5 Å². The van der Waals surface area contributed by atoms with Crippen molar-refractivity contribution in [2.45, 2.75) is 173 Å². The Morgan fingerprint density at radius 2 is 1.62 bits per heavy atom. The van der Waals surface area contributed by atoms with Gasteiger partial charge in [-0.2, -0.15) is 0 Å². The van der Waals surface area contributed by atoms with Crippen LogP contribution in [0.15, 0.2) is 71.9 Å². The molecule has 66 heavy (non-hydrogen) atoms. The van der Waals surface area contributed by atoms with Gasteiger partial charge in [-0.05, 0) is 120 Å². The number of allylic oxidation sites excluding steroid dienone is 5. The van der Waals surface area contributed by atoms with Crippen molar-refractivity contribution in [3.05, 3.63) is 77.4 Å². The number of aliphatic hydroxyl groups is 2. The first-order chi connectivity index (χ1) is 31.5. The van der Waals surface area contributed by atoms with Gasteiger partial charge in [0, 0.05) is 46.1 Å². The summed E-state index contributed by atoms with van der Waals surface area (Å²) in [7, 11) is 4.73. The minimum absolute atomic E-state index is 0.0117.